The van der Waals surface area contributed by atoms with E-state index in [4.69, 9.17) is 4.74 Å². The van der Waals surface area contributed by atoms with Crippen LogP contribution in [0.1, 0.15) is 38.5 Å². The SMILES string of the molecule is CNCC1COCCN1C1CCCCCC1. The molecule has 2 rings (SSSR count). The Balaban J connectivity index is 1.92. The zero-order valence-corrected chi connectivity index (χ0v) is 10.6. The highest BCUT2D eigenvalue weighted by molar-refractivity contribution is 4.84. The van der Waals surface area contributed by atoms with Crippen LogP contribution in [-0.4, -0.2) is 50.3 Å². The Morgan fingerprint density at radius 1 is 1.19 bits per heavy atom. The maximum atomic E-state index is 5.61. The van der Waals surface area contributed by atoms with Gasteiger partial charge >= 0.3 is 0 Å². The molecular weight excluding hydrogens is 200 g/mol. The van der Waals surface area contributed by atoms with E-state index in [1.807, 2.05) is 7.05 Å². The summed E-state index contributed by atoms with van der Waals surface area (Å²) in [6.45, 7) is 4.04. The van der Waals surface area contributed by atoms with Gasteiger partial charge in [0.05, 0.1) is 13.2 Å². The summed E-state index contributed by atoms with van der Waals surface area (Å²) in [5.74, 6) is 0. The Morgan fingerprint density at radius 2 is 1.94 bits per heavy atom. The molecule has 3 nitrogen and oxygen atoms in total. The number of morpholine rings is 1. The van der Waals surface area contributed by atoms with Gasteiger partial charge in [0.1, 0.15) is 0 Å². The summed E-state index contributed by atoms with van der Waals surface area (Å²) in [6, 6.07) is 1.42. The smallest absolute Gasteiger partial charge is 0.0634 e. The van der Waals surface area contributed by atoms with Crippen molar-refractivity contribution >= 4 is 0 Å². The highest BCUT2D eigenvalue weighted by Crippen LogP contribution is 2.24. The van der Waals surface area contributed by atoms with Gasteiger partial charge in [0.15, 0.2) is 0 Å². The van der Waals surface area contributed by atoms with E-state index in [1.54, 1.807) is 0 Å². The van der Waals surface area contributed by atoms with Crippen molar-refractivity contribution in [3.63, 3.8) is 0 Å². The molecule has 16 heavy (non-hydrogen) atoms. The van der Waals surface area contributed by atoms with Gasteiger partial charge < -0.3 is 10.1 Å². The zero-order valence-electron chi connectivity index (χ0n) is 10.6. The molecule has 1 unspecified atom stereocenters. The summed E-state index contributed by atoms with van der Waals surface area (Å²) < 4.78 is 5.61. The Bertz CT molecular complexity index is 188. The first-order chi connectivity index (χ1) is 7.92. The quantitative estimate of drug-likeness (QED) is 0.740. The molecule has 0 aromatic heterocycles. The van der Waals surface area contributed by atoms with Gasteiger partial charge in [-0.15, -0.1) is 0 Å². The van der Waals surface area contributed by atoms with Gasteiger partial charge in [0.2, 0.25) is 0 Å². The van der Waals surface area contributed by atoms with Crippen LogP contribution in [0, 0.1) is 0 Å². The molecule has 0 bridgehead atoms. The predicted octanol–water partition coefficient (Wildman–Crippen LogP) is 1.63. The van der Waals surface area contributed by atoms with Gasteiger partial charge in [-0.3, -0.25) is 4.90 Å². The molecule has 94 valence electrons. The highest BCUT2D eigenvalue weighted by Gasteiger charge is 2.28. The first kappa shape index (κ1) is 12.3. The number of nitrogens with one attached hydrogen (secondary N) is 1. The van der Waals surface area contributed by atoms with Crippen LogP contribution in [0.5, 0.6) is 0 Å². The third-order valence-corrected chi connectivity index (χ3v) is 4.01. The average Bonchev–Trinajstić information content (AvgIpc) is 2.59. The van der Waals surface area contributed by atoms with Gasteiger partial charge in [-0.25, -0.2) is 0 Å². The van der Waals surface area contributed by atoms with Crippen LogP contribution in [0.4, 0.5) is 0 Å². The fourth-order valence-corrected chi connectivity index (χ4v) is 3.15. The Morgan fingerprint density at radius 3 is 2.62 bits per heavy atom. The van der Waals surface area contributed by atoms with Crippen molar-refractivity contribution in [3.8, 4) is 0 Å². The molecule has 1 saturated heterocycles. The standard InChI is InChI=1S/C13H26N2O/c1-14-10-13-11-16-9-8-15(13)12-6-4-2-3-5-7-12/h12-14H,2-11H2,1H3. The fraction of sp³-hybridized carbons (Fsp3) is 1.00. The van der Waals surface area contributed by atoms with Crippen molar-refractivity contribution in [1.29, 1.82) is 0 Å². The van der Waals surface area contributed by atoms with Crippen molar-refractivity contribution in [2.24, 2.45) is 0 Å². The summed E-state index contributed by atoms with van der Waals surface area (Å²) in [6.07, 6.45) is 8.54. The summed E-state index contributed by atoms with van der Waals surface area (Å²) >= 11 is 0. The minimum atomic E-state index is 0.599. The van der Waals surface area contributed by atoms with Crippen LogP contribution >= 0.6 is 0 Å². The Hall–Kier alpha value is -0.120. The van der Waals surface area contributed by atoms with Crippen molar-refractivity contribution in [3.05, 3.63) is 0 Å². The molecule has 0 spiro atoms. The molecular formula is C13H26N2O. The fourth-order valence-electron chi connectivity index (χ4n) is 3.15. The van der Waals surface area contributed by atoms with Crippen molar-refractivity contribution < 1.29 is 4.74 Å². The lowest BCUT2D eigenvalue weighted by molar-refractivity contribution is -0.0305. The first-order valence-corrected chi connectivity index (χ1v) is 6.90. The van der Waals surface area contributed by atoms with Gasteiger partial charge in [0, 0.05) is 25.2 Å². The largest absolute Gasteiger partial charge is 0.378 e. The summed E-state index contributed by atoms with van der Waals surface area (Å²) in [5.41, 5.74) is 0. The van der Waals surface area contributed by atoms with E-state index >= 15 is 0 Å². The third-order valence-electron chi connectivity index (χ3n) is 4.01. The van der Waals surface area contributed by atoms with E-state index < -0.39 is 0 Å². The first-order valence-electron chi connectivity index (χ1n) is 6.90. The van der Waals surface area contributed by atoms with Crippen molar-refractivity contribution in [2.75, 3.05) is 33.4 Å². The molecule has 0 amide bonds. The maximum absolute atomic E-state index is 5.61. The second kappa shape index (κ2) is 6.58. The van der Waals surface area contributed by atoms with Gasteiger partial charge in [-0.1, -0.05) is 25.7 Å². The molecule has 1 N–H and O–H groups in total. The summed E-state index contributed by atoms with van der Waals surface area (Å²) in [7, 11) is 2.04. The molecule has 1 aliphatic carbocycles. The second-order valence-corrected chi connectivity index (χ2v) is 5.17. The topological polar surface area (TPSA) is 24.5 Å². The number of ether oxygens (including phenoxy) is 1. The lowest BCUT2D eigenvalue weighted by Crippen LogP contribution is -2.54. The van der Waals surface area contributed by atoms with E-state index in [0.717, 1.165) is 32.3 Å². The average molecular weight is 226 g/mol. The molecule has 3 heteroatoms. The molecule has 2 fully saturated rings. The van der Waals surface area contributed by atoms with E-state index in [-0.39, 0.29) is 0 Å². The number of hydrogen-bond acceptors (Lipinski definition) is 3. The lowest BCUT2D eigenvalue weighted by Gasteiger charge is -2.41. The van der Waals surface area contributed by atoms with Crippen molar-refractivity contribution in [2.45, 2.75) is 50.6 Å². The van der Waals surface area contributed by atoms with Crippen LogP contribution < -0.4 is 5.32 Å². The van der Waals surface area contributed by atoms with E-state index in [1.165, 1.54) is 38.5 Å². The maximum Gasteiger partial charge on any atom is 0.0634 e. The highest BCUT2D eigenvalue weighted by atomic mass is 16.5. The Kier molecular flexibility index (Phi) is 5.07. The number of hydrogen-bond donors (Lipinski definition) is 1. The second-order valence-electron chi connectivity index (χ2n) is 5.17. The molecule has 0 radical (unpaired) electrons. The van der Waals surface area contributed by atoms with Gasteiger partial charge in [-0.2, -0.15) is 0 Å². The third kappa shape index (κ3) is 3.19. The Labute approximate surface area is 99.5 Å². The molecule has 1 heterocycles. The number of likely N-dealkylation sites (N-methyl/N-ethyl adjacent to an activating group) is 1. The number of nitrogens with zero attached hydrogens (tertiary/aromatic N) is 1. The van der Waals surface area contributed by atoms with Crippen LogP contribution in [-0.2, 0) is 4.74 Å². The molecule has 0 aromatic carbocycles. The predicted molar refractivity (Wildman–Crippen MR) is 66.7 cm³/mol. The van der Waals surface area contributed by atoms with Gasteiger partial charge in [-0.05, 0) is 19.9 Å². The lowest BCUT2D eigenvalue weighted by atomic mass is 10.0. The zero-order chi connectivity index (χ0) is 11.2. The molecule has 1 atom stereocenters. The van der Waals surface area contributed by atoms with Crippen LogP contribution in [0.2, 0.25) is 0 Å². The minimum absolute atomic E-state index is 0.599. The normalized spacial score (nSPS) is 30.2. The minimum Gasteiger partial charge on any atom is -0.378 e. The summed E-state index contributed by atoms with van der Waals surface area (Å²) in [4.78, 5) is 2.71. The molecule has 2 aliphatic rings. The van der Waals surface area contributed by atoms with Gasteiger partial charge in [0.25, 0.3) is 0 Å². The molecule has 1 aliphatic heterocycles. The number of rotatable bonds is 3. The monoisotopic (exact) mass is 226 g/mol. The van der Waals surface area contributed by atoms with Crippen LogP contribution in [0.25, 0.3) is 0 Å². The summed E-state index contributed by atoms with van der Waals surface area (Å²) in [5, 5.41) is 3.30. The van der Waals surface area contributed by atoms with E-state index in [2.05, 4.69) is 10.2 Å². The van der Waals surface area contributed by atoms with Crippen LogP contribution in [0.3, 0.4) is 0 Å². The molecule has 0 aromatic rings. The van der Waals surface area contributed by atoms with E-state index in [0.29, 0.717) is 6.04 Å². The van der Waals surface area contributed by atoms with Crippen molar-refractivity contribution in [1.82, 2.24) is 10.2 Å². The molecule has 1 saturated carbocycles. The van der Waals surface area contributed by atoms with Crippen LogP contribution in [0.15, 0.2) is 0 Å². The van der Waals surface area contributed by atoms with E-state index in [9.17, 15) is 0 Å².